The van der Waals surface area contributed by atoms with Crippen molar-refractivity contribution in [3.8, 4) is 0 Å². The van der Waals surface area contributed by atoms with Crippen molar-refractivity contribution in [2.75, 3.05) is 18.0 Å². The van der Waals surface area contributed by atoms with Gasteiger partial charge in [0.2, 0.25) is 10.0 Å². The van der Waals surface area contributed by atoms with Gasteiger partial charge in [0, 0.05) is 31.3 Å². The summed E-state index contributed by atoms with van der Waals surface area (Å²) in [6, 6.07) is 5.88. The van der Waals surface area contributed by atoms with Gasteiger partial charge in [-0.15, -0.1) is 0 Å². The highest BCUT2D eigenvalue weighted by atomic mass is 32.2. The normalized spacial score (nSPS) is 13.6. The van der Waals surface area contributed by atoms with Gasteiger partial charge in [-0.1, -0.05) is 19.9 Å². The van der Waals surface area contributed by atoms with Gasteiger partial charge in [0.1, 0.15) is 11.3 Å². The molecule has 8 nitrogen and oxygen atoms in total. The SMILES string of the molecule is CCNS(=O)(=O)c1ccc2c(c1)N(C(=O)c1cc(C(=O)O)c(CC)o1)CC2. The molecule has 1 aromatic heterocycles. The first-order valence-electron chi connectivity index (χ1n) is 8.59. The summed E-state index contributed by atoms with van der Waals surface area (Å²) in [7, 11) is -3.65. The van der Waals surface area contributed by atoms with E-state index in [1.54, 1.807) is 19.9 Å². The molecular formula is C18H20N2O6S. The Morgan fingerprint density at radius 3 is 2.59 bits per heavy atom. The van der Waals surface area contributed by atoms with Crippen molar-refractivity contribution in [2.24, 2.45) is 0 Å². The molecule has 144 valence electrons. The molecule has 2 aromatic rings. The lowest BCUT2D eigenvalue weighted by molar-refractivity contribution is 0.0694. The standard InChI is InChI=1S/C18H20N2O6S/c1-3-15-13(18(22)23)10-16(26-15)17(21)20-8-7-11-5-6-12(9-14(11)20)27(24,25)19-4-2/h5-6,9-10,19H,3-4,7-8H2,1-2H3,(H,22,23). The van der Waals surface area contributed by atoms with Crippen LogP contribution in [0.3, 0.4) is 0 Å². The molecular weight excluding hydrogens is 372 g/mol. The number of nitrogens with zero attached hydrogens (tertiary/aromatic N) is 1. The summed E-state index contributed by atoms with van der Waals surface area (Å²) in [6.45, 7) is 4.04. The van der Waals surface area contributed by atoms with Crippen molar-refractivity contribution in [3.63, 3.8) is 0 Å². The van der Waals surface area contributed by atoms with Gasteiger partial charge in [-0.3, -0.25) is 4.79 Å². The van der Waals surface area contributed by atoms with Crippen LogP contribution in [0.1, 0.15) is 46.1 Å². The number of furan rings is 1. The van der Waals surface area contributed by atoms with Crippen molar-refractivity contribution in [3.05, 3.63) is 46.9 Å². The summed E-state index contributed by atoms with van der Waals surface area (Å²) < 4.78 is 32.4. The fourth-order valence-electron chi connectivity index (χ4n) is 3.12. The minimum atomic E-state index is -3.65. The predicted octanol–water partition coefficient (Wildman–Crippen LogP) is 2.04. The maximum absolute atomic E-state index is 12.9. The first-order valence-corrected chi connectivity index (χ1v) is 10.1. The number of carbonyl (C=O) groups excluding carboxylic acids is 1. The molecule has 0 fully saturated rings. The lowest BCUT2D eigenvalue weighted by Crippen LogP contribution is -2.29. The van der Waals surface area contributed by atoms with Crippen LogP contribution in [0.4, 0.5) is 5.69 Å². The second-order valence-electron chi connectivity index (χ2n) is 6.10. The van der Waals surface area contributed by atoms with Crippen LogP contribution in [0.15, 0.2) is 33.6 Å². The molecule has 0 radical (unpaired) electrons. The molecule has 0 spiro atoms. The van der Waals surface area contributed by atoms with Crippen LogP contribution < -0.4 is 9.62 Å². The summed E-state index contributed by atoms with van der Waals surface area (Å²) >= 11 is 0. The van der Waals surface area contributed by atoms with Crippen molar-refractivity contribution >= 4 is 27.6 Å². The average Bonchev–Trinajstić information content (AvgIpc) is 3.24. The number of nitrogens with one attached hydrogen (secondary N) is 1. The van der Waals surface area contributed by atoms with Gasteiger partial charge in [0.15, 0.2) is 5.76 Å². The van der Waals surface area contributed by atoms with Crippen LogP contribution in [0, 0.1) is 0 Å². The highest BCUT2D eigenvalue weighted by Gasteiger charge is 2.30. The Labute approximate surface area is 156 Å². The number of carboxylic acid groups (broad SMARTS) is 1. The molecule has 27 heavy (non-hydrogen) atoms. The molecule has 0 atom stereocenters. The van der Waals surface area contributed by atoms with Crippen LogP contribution in [-0.2, 0) is 22.9 Å². The molecule has 1 amide bonds. The Morgan fingerprint density at radius 2 is 2.00 bits per heavy atom. The maximum atomic E-state index is 12.9. The lowest BCUT2D eigenvalue weighted by atomic mass is 10.2. The minimum Gasteiger partial charge on any atom is -0.478 e. The Morgan fingerprint density at radius 1 is 1.26 bits per heavy atom. The van der Waals surface area contributed by atoms with E-state index in [0.717, 1.165) is 5.56 Å². The van der Waals surface area contributed by atoms with Crippen molar-refractivity contribution in [1.82, 2.24) is 4.72 Å². The van der Waals surface area contributed by atoms with Gasteiger partial charge < -0.3 is 14.4 Å². The smallest absolute Gasteiger partial charge is 0.339 e. The fraction of sp³-hybridized carbons (Fsp3) is 0.333. The number of benzene rings is 1. The van der Waals surface area contributed by atoms with Crippen LogP contribution in [0.5, 0.6) is 0 Å². The van der Waals surface area contributed by atoms with Crippen LogP contribution in [0.25, 0.3) is 0 Å². The Hall–Kier alpha value is -2.65. The number of rotatable bonds is 6. The molecule has 0 saturated heterocycles. The van der Waals surface area contributed by atoms with Gasteiger partial charge in [-0.25, -0.2) is 17.9 Å². The molecule has 0 saturated carbocycles. The van der Waals surface area contributed by atoms with Gasteiger partial charge in [0.05, 0.1) is 4.90 Å². The number of hydrogen-bond acceptors (Lipinski definition) is 5. The molecule has 0 bridgehead atoms. The highest BCUT2D eigenvalue weighted by Crippen LogP contribution is 2.32. The number of carboxylic acids is 1. The molecule has 1 aliphatic rings. The van der Waals surface area contributed by atoms with Crippen LogP contribution in [-0.4, -0.2) is 38.5 Å². The number of carbonyl (C=O) groups is 2. The Kier molecular flexibility index (Phi) is 5.07. The zero-order chi connectivity index (χ0) is 19.8. The molecule has 3 rings (SSSR count). The number of amides is 1. The third-order valence-electron chi connectivity index (χ3n) is 4.41. The van der Waals surface area contributed by atoms with E-state index >= 15 is 0 Å². The molecule has 9 heteroatoms. The van der Waals surface area contributed by atoms with E-state index < -0.39 is 21.9 Å². The molecule has 2 heterocycles. The summed E-state index contributed by atoms with van der Waals surface area (Å²) in [5, 5.41) is 9.23. The molecule has 1 aromatic carbocycles. The molecule has 0 aliphatic carbocycles. The number of hydrogen-bond donors (Lipinski definition) is 2. The topological polar surface area (TPSA) is 117 Å². The summed E-state index contributed by atoms with van der Waals surface area (Å²) in [5.41, 5.74) is 1.30. The number of sulfonamides is 1. The van der Waals surface area contributed by atoms with Crippen molar-refractivity contribution in [2.45, 2.75) is 31.6 Å². The van der Waals surface area contributed by atoms with E-state index in [1.165, 1.54) is 23.1 Å². The average molecular weight is 392 g/mol. The monoisotopic (exact) mass is 392 g/mol. The van der Waals surface area contributed by atoms with Crippen LogP contribution in [0.2, 0.25) is 0 Å². The zero-order valence-electron chi connectivity index (χ0n) is 15.0. The number of fused-ring (bicyclic) bond motifs is 1. The van der Waals surface area contributed by atoms with Gasteiger partial charge in [0.25, 0.3) is 5.91 Å². The second-order valence-corrected chi connectivity index (χ2v) is 7.87. The van der Waals surface area contributed by atoms with Crippen LogP contribution >= 0.6 is 0 Å². The number of aryl methyl sites for hydroxylation is 1. The first-order chi connectivity index (χ1) is 12.8. The van der Waals surface area contributed by atoms with Gasteiger partial charge in [-0.05, 0) is 24.1 Å². The zero-order valence-corrected chi connectivity index (χ0v) is 15.8. The fourth-order valence-corrected chi connectivity index (χ4v) is 4.18. The first kappa shape index (κ1) is 19.1. The maximum Gasteiger partial charge on any atom is 0.339 e. The quantitative estimate of drug-likeness (QED) is 0.777. The lowest BCUT2D eigenvalue weighted by Gasteiger charge is -2.16. The van der Waals surface area contributed by atoms with Crippen molar-refractivity contribution in [1.29, 1.82) is 0 Å². The van der Waals surface area contributed by atoms with E-state index in [9.17, 15) is 23.1 Å². The third-order valence-corrected chi connectivity index (χ3v) is 5.96. The summed E-state index contributed by atoms with van der Waals surface area (Å²) in [4.78, 5) is 25.7. The van der Waals surface area contributed by atoms with Gasteiger partial charge >= 0.3 is 5.97 Å². The molecule has 0 unspecified atom stereocenters. The number of aromatic carboxylic acids is 1. The molecule has 2 N–H and O–H groups in total. The second kappa shape index (κ2) is 7.16. The largest absolute Gasteiger partial charge is 0.478 e. The third kappa shape index (κ3) is 3.47. The Balaban J connectivity index is 1.98. The molecule has 1 aliphatic heterocycles. The summed E-state index contributed by atoms with van der Waals surface area (Å²) in [6.07, 6.45) is 0.923. The summed E-state index contributed by atoms with van der Waals surface area (Å²) in [5.74, 6) is -1.49. The van der Waals surface area contributed by atoms with E-state index in [2.05, 4.69) is 4.72 Å². The highest BCUT2D eigenvalue weighted by molar-refractivity contribution is 7.89. The van der Waals surface area contributed by atoms with Gasteiger partial charge in [-0.2, -0.15) is 0 Å². The predicted molar refractivity (Wildman–Crippen MR) is 97.7 cm³/mol. The minimum absolute atomic E-state index is 0.0382. The van der Waals surface area contributed by atoms with E-state index in [1.807, 2.05) is 0 Å². The van der Waals surface area contributed by atoms with Crippen molar-refractivity contribution < 1.29 is 27.5 Å². The number of anilines is 1. The Bertz CT molecular complexity index is 1010. The van der Waals surface area contributed by atoms with E-state index in [0.29, 0.717) is 25.1 Å². The van der Waals surface area contributed by atoms with E-state index in [4.69, 9.17) is 4.42 Å². The van der Waals surface area contributed by atoms with E-state index in [-0.39, 0.29) is 28.5 Å².